The third-order valence-corrected chi connectivity index (χ3v) is 7.84. The van der Waals surface area contributed by atoms with Crippen LogP contribution in [0.25, 0.3) is 0 Å². The Balaban J connectivity index is 1.10. The van der Waals surface area contributed by atoms with Crippen molar-refractivity contribution in [2.45, 2.75) is 80.9 Å². The number of aromatic nitrogens is 1. The second kappa shape index (κ2) is 7.82. The summed E-state index contributed by atoms with van der Waals surface area (Å²) in [6.07, 6.45) is 9.42. The maximum absolute atomic E-state index is 13.3. The number of hydrogen-bond acceptors (Lipinski definition) is 4. The number of halogens is 1. The third kappa shape index (κ3) is 3.87. The molecule has 2 saturated heterocycles. The number of carbonyl (C=O) groups excluding carboxylic acids is 2. The van der Waals surface area contributed by atoms with Gasteiger partial charge in [-0.15, -0.1) is 0 Å². The number of benzene rings is 1. The molecular formula is C26H29FN4O2. The van der Waals surface area contributed by atoms with E-state index in [0.29, 0.717) is 23.7 Å². The molecule has 6 rings (SSSR count). The Morgan fingerprint density at radius 3 is 2.18 bits per heavy atom. The second-order valence-electron chi connectivity index (χ2n) is 10.2. The first-order valence-corrected chi connectivity index (χ1v) is 12.1. The number of anilines is 1. The van der Waals surface area contributed by atoms with Crippen molar-refractivity contribution in [3.63, 3.8) is 0 Å². The predicted octanol–water partition coefficient (Wildman–Crippen LogP) is 3.46. The van der Waals surface area contributed by atoms with Crippen LogP contribution in [0.15, 0.2) is 42.6 Å². The first kappa shape index (κ1) is 20.6. The molecular weight excluding hydrogens is 419 g/mol. The number of carbonyl (C=O) groups is 2. The van der Waals surface area contributed by atoms with Crippen molar-refractivity contribution >= 4 is 17.6 Å². The van der Waals surface area contributed by atoms with E-state index in [1.54, 1.807) is 18.3 Å². The van der Waals surface area contributed by atoms with Crippen LogP contribution in [-0.4, -0.2) is 41.0 Å². The standard InChI is InChI=1S/C26H29FN4O2/c27-18-4-2-17(3-5-18)26(11-12-26)25(33)30-20-13-21-8-9-22(14-20)31(21)23-10-1-16(15-28-23)24(32)29-19-6-7-19/h1-5,10,15,19-22H,6-9,11-14H2,(H,29,32)(H,30,33)/t20-,21+,22-. The molecule has 3 heterocycles. The maximum Gasteiger partial charge on any atom is 0.253 e. The van der Waals surface area contributed by atoms with E-state index in [1.807, 2.05) is 12.1 Å². The number of nitrogens with zero attached hydrogens (tertiary/aromatic N) is 2. The minimum absolute atomic E-state index is 0.0453. The predicted molar refractivity (Wildman–Crippen MR) is 122 cm³/mol. The maximum atomic E-state index is 13.3. The number of amides is 2. The second-order valence-corrected chi connectivity index (χ2v) is 10.2. The summed E-state index contributed by atoms with van der Waals surface area (Å²) in [6, 6.07) is 11.4. The van der Waals surface area contributed by atoms with E-state index in [-0.39, 0.29) is 23.7 Å². The van der Waals surface area contributed by atoms with Gasteiger partial charge in [-0.05, 0) is 81.2 Å². The Kier molecular flexibility index (Phi) is 4.89. The van der Waals surface area contributed by atoms with Crippen LogP contribution in [0.3, 0.4) is 0 Å². The van der Waals surface area contributed by atoms with Gasteiger partial charge in [-0.3, -0.25) is 9.59 Å². The summed E-state index contributed by atoms with van der Waals surface area (Å²) in [7, 11) is 0. The molecule has 4 fully saturated rings. The van der Waals surface area contributed by atoms with E-state index >= 15 is 0 Å². The van der Waals surface area contributed by atoms with Crippen molar-refractivity contribution in [3.05, 3.63) is 59.5 Å². The van der Waals surface area contributed by atoms with Gasteiger partial charge in [0.25, 0.3) is 5.91 Å². The Morgan fingerprint density at radius 2 is 1.61 bits per heavy atom. The summed E-state index contributed by atoms with van der Waals surface area (Å²) < 4.78 is 13.3. The highest BCUT2D eigenvalue weighted by molar-refractivity contribution is 5.94. The Labute approximate surface area is 193 Å². The van der Waals surface area contributed by atoms with Gasteiger partial charge in [0, 0.05) is 30.4 Å². The number of nitrogens with one attached hydrogen (secondary N) is 2. The number of pyridine rings is 1. The zero-order valence-corrected chi connectivity index (χ0v) is 18.6. The van der Waals surface area contributed by atoms with Crippen LogP contribution in [0.4, 0.5) is 10.2 Å². The number of rotatable bonds is 6. The van der Waals surface area contributed by atoms with Crippen LogP contribution in [0.2, 0.25) is 0 Å². The summed E-state index contributed by atoms with van der Waals surface area (Å²) in [5.41, 5.74) is 1.04. The molecule has 4 aliphatic rings. The molecule has 1 aromatic heterocycles. The van der Waals surface area contributed by atoms with Crippen molar-refractivity contribution < 1.29 is 14.0 Å². The smallest absolute Gasteiger partial charge is 0.253 e. The Hall–Kier alpha value is -2.96. The van der Waals surface area contributed by atoms with Gasteiger partial charge in [-0.1, -0.05) is 12.1 Å². The van der Waals surface area contributed by atoms with E-state index in [1.165, 1.54) is 12.1 Å². The van der Waals surface area contributed by atoms with Crippen molar-refractivity contribution in [2.75, 3.05) is 4.90 Å². The molecule has 7 heteroatoms. The van der Waals surface area contributed by atoms with E-state index < -0.39 is 5.41 Å². The molecule has 2 amide bonds. The molecule has 0 radical (unpaired) electrons. The third-order valence-electron chi connectivity index (χ3n) is 7.84. The molecule has 2 aliphatic carbocycles. The highest BCUT2D eigenvalue weighted by atomic mass is 19.1. The first-order valence-electron chi connectivity index (χ1n) is 12.1. The highest BCUT2D eigenvalue weighted by Crippen LogP contribution is 2.49. The normalized spacial score (nSPS) is 27.2. The van der Waals surface area contributed by atoms with Crippen LogP contribution in [0.5, 0.6) is 0 Å². The number of hydrogen-bond donors (Lipinski definition) is 2. The Bertz CT molecular complexity index is 1050. The topological polar surface area (TPSA) is 74.3 Å². The molecule has 2 N–H and O–H groups in total. The lowest BCUT2D eigenvalue weighted by Gasteiger charge is -2.40. The van der Waals surface area contributed by atoms with E-state index in [4.69, 9.17) is 0 Å². The molecule has 0 spiro atoms. The molecule has 2 saturated carbocycles. The summed E-state index contributed by atoms with van der Waals surface area (Å²) >= 11 is 0. The fourth-order valence-corrected chi connectivity index (χ4v) is 5.70. The van der Waals surface area contributed by atoms with Gasteiger partial charge in [0.1, 0.15) is 11.6 Å². The van der Waals surface area contributed by atoms with Crippen LogP contribution >= 0.6 is 0 Å². The van der Waals surface area contributed by atoms with Crippen molar-refractivity contribution in [2.24, 2.45) is 0 Å². The van der Waals surface area contributed by atoms with Crippen LogP contribution in [-0.2, 0) is 10.2 Å². The lowest BCUT2D eigenvalue weighted by atomic mass is 9.92. The van der Waals surface area contributed by atoms with Gasteiger partial charge < -0.3 is 15.5 Å². The van der Waals surface area contributed by atoms with E-state index in [0.717, 1.165) is 62.7 Å². The lowest BCUT2D eigenvalue weighted by molar-refractivity contribution is -0.124. The number of fused-ring (bicyclic) bond motifs is 2. The van der Waals surface area contributed by atoms with Crippen molar-refractivity contribution in [1.29, 1.82) is 0 Å². The van der Waals surface area contributed by atoms with Crippen LogP contribution < -0.4 is 15.5 Å². The summed E-state index contributed by atoms with van der Waals surface area (Å²) in [5, 5.41) is 6.33. The summed E-state index contributed by atoms with van der Waals surface area (Å²) in [4.78, 5) is 32.4. The van der Waals surface area contributed by atoms with Crippen molar-refractivity contribution in [3.8, 4) is 0 Å². The van der Waals surface area contributed by atoms with Crippen LogP contribution in [0, 0.1) is 5.82 Å². The van der Waals surface area contributed by atoms with Gasteiger partial charge in [0.05, 0.1) is 11.0 Å². The number of piperidine rings is 1. The molecule has 2 aromatic rings. The minimum atomic E-state index is -0.484. The minimum Gasteiger partial charge on any atom is -0.352 e. The van der Waals surface area contributed by atoms with Gasteiger partial charge in [0.2, 0.25) is 5.91 Å². The fourth-order valence-electron chi connectivity index (χ4n) is 5.70. The molecule has 0 unspecified atom stereocenters. The quantitative estimate of drug-likeness (QED) is 0.710. The zero-order chi connectivity index (χ0) is 22.6. The molecule has 6 nitrogen and oxygen atoms in total. The molecule has 1 aromatic carbocycles. The average molecular weight is 449 g/mol. The molecule has 3 atom stereocenters. The van der Waals surface area contributed by atoms with E-state index in [2.05, 4.69) is 20.5 Å². The fraction of sp³-hybridized carbons (Fsp3) is 0.500. The van der Waals surface area contributed by atoms with Gasteiger partial charge >= 0.3 is 0 Å². The van der Waals surface area contributed by atoms with Crippen LogP contribution in [0.1, 0.15) is 67.3 Å². The van der Waals surface area contributed by atoms with Crippen molar-refractivity contribution in [1.82, 2.24) is 15.6 Å². The first-order chi connectivity index (χ1) is 16.0. The SMILES string of the molecule is O=C(NC1CC1)c1ccc(N2[C@@H]3CC[C@H]2C[C@@H](NC(=O)C2(c4ccc(F)cc4)CC2)C3)nc1. The molecule has 2 bridgehead atoms. The molecule has 172 valence electrons. The lowest BCUT2D eigenvalue weighted by Crippen LogP contribution is -2.52. The Morgan fingerprint density at radius 1 is 0.909 bits per heavy atom. The largest absolute Gasteiger partial charge is 0.352 e. The highest BCUT2D eigenvalue weighted by Gasteiger charge is 2.52. The molecule has 33 heavy (non-hydrogen) atoms. The van der Waals surface area contributed by atoms with E-state index in [9.17, 15) is 14.0 Å². The van der Waals surface area contributed by atoms with Gasteiger partial charge in [-0.25, -0.2) is 9.37 Å². The monoisotopic (exact) mass is 448 g/mol. The zero-order valence-electron chi connectivity index (χ0n) is 18.6. The summed E-state index contributed by atoms with van der Waals surface area (Å²) in [6.45, 7) is 0. The molecule has 2 aliphatic heterocycles. The summed E-state index contributed by atoms with van der Waals surface area (Å²) in [5.74, 6) is 0.677. The van der Waals surface area contributed by atoms with Gasteiger partial charge in [0.15, 0.2) is 0 Å². The van der Waals surface area contributed by atoms with Gasteiger partial charge in [-0.2, -0.15) is 0 Å². The average Bonchev–Trinajstić information content (AvgIpc) is 3.73.